The van der Waals surface area contributed by atoms with E-state index in [1.165, 1.54) is 28.5 Å². The third-order valence-electron chi connectivity index (χ3n) is 4.57. The van der Waals surface area contributed by atoms with Crippen LogP contribution in [-0.2, 0) is 11.3 Å². The van der Waals surface area contributed by atoms with Crippen LogP contribution in [0.4, 0.5) is 0 Å². The second kappa shape index (κ2) is 7.37. The number of carbonyl (C=O) groups excluding carboxylic acids is 1. The number of aromatic nitrogens is 1. The van der Waals surface area contributed by atoms with Crippen LogP contribution in [0, 0.1) is 26.2 Å². The van der Waals surface area contributed by atoms with Gasteiger partial charge in [-0.1, -0.05) is 23.3 Å². The zero-order valence-corrected chi connectivity index (χ0v) is 16.4. The van der Waals surface area contributed by atoms with Crippen molar-refractivity contribution in [3.8, 4) is 23.8 Å². The Labute approximate surface area is 166 Å². The molecule has 140 valence electrons. The standard InChI is InChI=1S/C22H18N2O3S/c1-4-9-24-17-10-14(2)15(3)11-20(17)28-22(24)23-21(25)8-6-16-5-7-18-19(12-16)27-13-26-18/h1,5-8,10-12H,9,13H2,2-3H3. The summed E-state index contributed by atoms with van der Waals surface area (Å²) < 4.78 is 13.6. The largest absolute Gasteiger partial charge is 0.454 e. The lowest BCUT2D eigenvalue weighted by Gasteiger charge is -2.03. The van der Waals surface area contributed by atoms with Crippen molar-refractivity contribution in [3.63, 3.8) is 0 Å². The summed E-state index contributed by atoms with van der Waals surface area (Å²) in [5.41, 5.74) is 4.21. The van der Waals surface area contributed by atoms with E-state index in [9.17, 15) is 4.79 Å². The molecular weight excluding hydrogens is 372 g/mol. The van der Waals surface area contributed by atoms with Crippen molar-refractivity contribution in [2.24, 2.45) is 4.99 Å². The summed E-state index contributed by atoms with van der Waals surface area (Å²) in [5, 5.41) is 0. The number of hydrogen-bond donors (Lipinski definition) is 0. The van der Waals surface area contributed by atoms with Gasteiger partial charge in [-0.3, -0.25) is 4.79 Å². The number of terminal acetylenes is 1. The second-order valence-electron chi connectivity index (χ2n) is 6.48. The summed E-state index contributed by atoms with van der Waals surface area (Å²) >= 11 is 1.46. The van der Waals surface area contributed by atoms with Crippen molar-refractivity contribution in [1.29, 1.82) is 0 Å². The monoisotopic (exact) mass is 390 g/mol. The van der Waals surface area contributed by atoms with Crippen molar-refractivity contribution in [2.45, 2.75) is 20.4 Å². The van der Waals surface area contributed by atoms with E-state index >= 15 is 0 Å². The molecule has 0 spiro atoms. The molecular formula is C22H18N2O3S. The zero-order chi connectivity index (χ0) is 19.7. The highest BCUT2D eigenvalue weighted by Gasteiger charge is 2.12. The summed E-state index contributed by atoms with van der Waals surface area (Å²) in [5.74, 6) is 3.68. The minimum atomic E-state index is -0.344. The molecule has 4 rings (SSSR count). The van der Waals surface area contributed by atoms with Gasteiger partial charge in [-0.05, 0) is 60.9 Å². The molecule has 0 saturated carbocycles. The number of amides is 1. The topological polar surface area (TPSA) is 52.8 Å². The highest BCUT2D eigenvalue weighted by atomic mass is 32.1. The molecule has 0 unspecified atom stereocenters. The van der Waals surface area contributed by atoms with Crippen molar-refractivity contribution in [3.05, 3.63) is 57.9 Å². The third-order valence-corrected chi connectivity index (χ3v) is 5.61. The fourth-order valence-corrected chi connectivity index (χ4v) is 4.08. The van der Waals surface area contributed by atoms with Gasteiger partial charge in [-0.2, -0.15) is 4.99 Å². The molecule has 5 nitrogen and oxygen atoms in total. The van der Waals surface area contributed by atoms with E-state index < -0.39 is 0 Å². The van der Waals surface area contributed by atoms with Gasteiger partial charge in [-0.25, -0.2) is 0 Å². The van der Waals surface area contributed by atoms with Gasteiger partial charge in [-0.15, -0.1) is 6.42 Å². The van der Waals surface area contributed by atoms with Crippen LogP contribution >= 0.6 is 11.3 Å². The lowest BCUT2D eigenvalue weighted by Crippen LogP contribution is -2.15. The summed E-state index contributed by atoms with van der Waals surface area (Å²) in [7, 11) is 0. The first kappa shape index (κ1) is 18.1. The molecule has 0 aliphatic carbocycles. The van der Waals surface area contributed by atoms with Gasteiger partial charge in [0.15, 0.2) is 16.3 Å². The fourth-order valence-electron chi connectivity index (χ4n) is 2.97. The first-order valence-electron chi connectivity index (χ1n) is 8.75. The van der Waals surface area contributed by atoms with Crippen LogP contribution in [0.1, 0.15) is 16.7 Å². The lowest BCUT2D eigenvalue weighted by atomic mass is 10.1. The molecule has 0 radical (unpaired) electrons. The molecule has 0 N–H and O–H groups in total. The Balaban J connectivity index is 1.68. The first-order valence-corrected chi connectivity index (χ1v) is 9.57. The van der Waals surface area contributed by atoms with Crippen molar-refractivity contribution in [2.75, 3.05) is 6.79 Å². The average molecular weight is 390 g/mol. The Morgan fingerprint density at radius 1 is 1.25 bits per heavy atom. The molecule has 2 aromatic carbocycles. The van der Waals surface area contributed by atoms with E-state index in [-0.39, 0.29) is 12.7 Å². The number of fused-ring (bicyclic) bond motifs is 2. The number of nitrogens with zero attached hydrogens (tertiary/aromatic N) is 2. The smallest absolute Gasteiger partial charge is 0.272 e. The summed E-state index contributed by atoms with van der Waals surface area (Å²) in [6.45, 7) is 4.70. The van der Waals surface area contributed by atoms with Crippen LogP contribution in [-0.4, -0.2) is 17.3 Å². The molecule has 1 aliphatic rings. The van der Waals surface area contributed by atoms with E-state index in [0.717, 1.165) is 15.8 Å². The van der Waals surface area contributed by atoms with E-state index in [0.29, 0.717) is 22.8 Å². The maximum atomic E-state index is 12.4. The first-order chi connectivity index (χ1) is 13.5. The number of rotatable bonds is 3. The summed E-state index contributed by atoms with van der Waals surface area (Å²) in [4.78, 5) is 17.3. The Bertz CT molecular complexity index is 1230. The van der Waals surface area contributed by atoms with E-state index in [1.54, 1.807) is 6.08 Å². The Hall–Kier alpha value is -3.30. The van der Waals surface area contributed by atoms with Crippen molar-refractivity contribution >= 4 is 33.5 Å². The predicted octanol–water partition coefficient (Wildman–Crippen LogP) is 3.82. The molecule has 0 atom stereocenters. The highest BCUT2D eigenvalue weighted by molar-refractivity contribution is 7.16. The molecule has 1 aromatic heterocycles. The number of hydrogen-bond acceptors (Lipinski definition) is 4. The third kappa shape index (κ3) is 3.45. The fraction of sp³-hybridized carbons (Fsp3) is 0.182. The van der Waals surface area contributed by atoms with Crippen LogP contribution in [0.25, 0.3) is 16.3 Å². The molecule has 1 amide bonds. The van der Waals surface area contributed by atoms with Gasteiger partial charge in [0.1, 0.15) is 0 Å². The van der Waals surface area contributed by atoms with E-state index in [1.807, 2.05) is 22.8 Å². The molecule has 3 aromatic rings. The number of ether oxygens (including phenoxy) is 2. The molecule has 6 heteroatoms. The Morgan fingerprint density at radius 2 is 2.04 bits per heavy atom. The normalized spacial score (nSPS) is 13.4. The maximum absolute atomic E-state index is 12.4. The van der Waals surface area contributed by atoms with Crippen LogP contribution in [0.2, 0.25) is 0 Å². The minimum Gasteiger partial charge on any atom is -0.454 e. The van der Waals surface area contributed by atoms with Crippen molar-refractivity contribution < 1.29 is 14.3 Å². The quantitative estimate of drug-likeness (QED) is 0.505. The highest BCUT2D eigenvalue weighted by Crippen LogP contribution is 2.32. The van der Waals surface area contributed by atoms with Gasteiger partial charge >= 0.3 is 0 Å². The SMILES string of the molecule is C#CCn1c(=NC(=O)C=Cc2ccc3c(c2)OCO3)sc2cc(C)c(C)cc21. The van der Waals surface area contributed by atoms with E-state index in [4.69, 9.17) is 15.9 Å². The second-order valence-corrected chi connectivity index (χ2v) is 7.48. The summed E-state index contributed by atoms with van der Waals surface area (Å²) in [6, 6.07) is 9.70. The van der Waals surface area contributed by atoms with Crippen molar-refractivity contribution in [1.82, 2.24) is 4.57 Å². The number of thiazole rings is 1. The van der Waals surface area contributed by atoms with E-state index in [2.05, 4.69) is 36.9 Å². The molecule has 1 aliphatic heterocycles. The van der Waals surface area contributed by atoms with Gasteiger partial charge in [0, 0.05) is 6.08 Å². The summed E-state index contributed by atoms with van der Waals surface area (Å²) in [6.07, 6.45) is 8.68. The maximum Gasteiger partial charge on any atom is 0.272 e. The molecule has 2 heterocycles. The van der Waals surface area contributed by atoms with Gasteiger partial charge in [0.05, 0.1) is 16.8 Å². The Morgan fingerprint density at radius 3 is 2.86 bits per heavy atom. The predicted molar refractivity (Wildman–Crippen MR) is 110 cm³/mol. The number of benzene rings is 2. The van der Waals surface area contributed by atoms with Crippen LogP contribution in [0.3, 0.4) is 0 Å². The lowest BCUT2D eigenvalue weighted by molar-refractivity contribution is -0.113. The van der Waals surface area contributed by atoms with Crippen LogP contribution in [0.15, 0.2) is 41.4 Å². The molecule has 0 saturated heterocycles. The minimum absolute atomic E-state index is 0.219. The van der Waals surface area contributed by atoms with Gasteiger partial charge in [0.2, 0.25) is 6.79 Å². The average Bonchev–Trinajstić information content (AvgIpc) is 3.26. The van der Waals surface area contributed by atoms with Gasteiger partial charge in [0.25, 0.3) is 5.91 Å². The number of aryl methyl sites for hydroxylation is 2. The molecule has 0 bridgehead atoms. The number of carbonyl (C=O) groups is 1. The molecule has 0 fully saturated rings. The van der Waals surface area contributed by atoms with Crippen LogP contribution in [0.5, 0.6) is 11.5 Å². The van der Waals surface area contributed by atoms with Crippen LogP contribution < -0.4 is 14.3 Å². The zero-order valence-electron chi connectivity index (χ0n) is 15.6. The molecule has 28 heavy (non-hydrogen) atoms. The van der Waals surface area contributed by atoms with Gasteiger partial charge < -0.3 is 14.0 Å². The Kier molecular flexibility index (Phi) is 4.76.